The van der Waals surface area contributed by atoms with Crippen molar-refractivity contribution in [3.63, 3.8) is 0 Å². The van der Waals surface area contributed by atoms with Crippen molar-refractivity contribution < 1.29 is 41.1 Å². The number of carbonyl (C=O) groups excluding carboxylic acids is 1. The monoisotopic (exact) mass is 469 g/mol. The number of phenols is 1. The summed E-state index contributed by atoms with van der Waals surface area (Å²) >= 11 is 0. The summed E-state index contributed by atoms with van der Waals surface area (Å²) < 4.78 is 71.1. The van der Waals surface area contributed by atoms with Crippen LogP contribution in [0.2, 0.25) is 0 Å². The molecular formula is C20H25F5NO4P. The smallest absolute Gasteiger partial charge is 0.323 e. The molecule has 2 N–H and O–H groups in total. The Morgan fingerprint density at radius 3 is 1.81 bits per heavy atom. The Bertz CT molecular complexity index is 720. The number of aromatic hydroxyl groups is 1. The van der Waals surface area contributed by atoms with Crippen molar-refractivity contribution in [2.24, 2.45) is 0 Å². The number of esters is 1. The van der Waals surface area contributed by atoms with E-state index in [4.69, 9.17) is 14.4 Å². The lowest BCUT2D eigenvalue weighted by Crippen LogP contribution is -2.32. The van der Waals surface area contributed by atoms with Gasteiger partial charge in [-0.05, 0) is 32.9 Å². The molecule has 31 heavy (non-hydrogen) atoms. The molecule has 0 aliphatic heterocycles. The lowest BCUT2D eigenvalue weighted by molar-refractivity contribution is -0.148. The third kappa shape index (κ3) is 9.48. The molecule has 0 heterocycles. The van der Waals surface area contributed by atoms with Crippen molar-refractivity contribution in [1.82, 2.24) is 5.09 Å². The molecule has 0 fully saturated rings. The normalized spacial score (nSPS) is 11.3. The van der Waals surface area contributed by atoms with E-state index in [9.17, 15) is 26.7 Å². The molecule has 0 bridgehead atoms. The van der Waals surface area contributed by atoms with Crippen LogP contribution in [0.15, 0.2) is 30.3 Å². The molecule has 0 amide bonds. The molecule has 2 unspecified atom stereocenters. The lowest BCUT2D eigenvalue weighted by Gasteiger charge is -2.15. The highest BCUT2D eigenvalue weighted by Crippen LogP contribution is 2.27. The van der Waals surface area contributed by atoms with E-state index in [1.165, 1.54) is 0 Å². The van der Waals surface area contributed by atoms with E-state index in [1.54, 1.807) is 6.92 Å². The molecule has 0 saturated carbocycles. The Morgan fingerprint density at radius 2 is 1.35 bits per heavy atom. The maximum Gasteiger partial charge on any atom is 0.323 e. The molecule has 0 aliphatic carbocycles. The molecule has 0 aliphatic rings. The number of hydrogen-bond acceptors (Lipinski definition) is 5. The molecular weight excluding hydrogens is 444 g/mol. The summed E-state index contributed by atoms with van der Waals surface area (Å²) in [6.45, 7) is 9.41. The maximum absolute atomic E-state index is 12.2. The molecule has 2 atom stereocenters. The van der Waals surface area contributed by atoms with Crippen molar-refractivity contribution in [2.75, 3.05) is 0 Å². The van der Waals surface area contributed by atoms with Crippen molar-refractivity contribution in [3.05, 3.63) is 59.4 Å². The molecule has 2 aromatic rings. The average molecular weight is 469 g/mol. The fourth-order valence-corrected chi connectivity index (χ4v) is 2.26. The zero-order valence-corrected chi connectivity index (χ0v) is 18.6. The largest absolute Gasteiger partial charge is 0.503 e. The van der Waals surface area contributed by atoms with Crippen molar-refractivity contribution in [3.8, 4) is 11.5 Å². The van der Waals surface area contributed by atoms with Crippen LogP contribution < -0.4 is 9.61 Å². The Kier molecular flexibility index (Phi) is 13.4. The highest BCUT2D eigenvalue weighted by molar-refractivity contribution is 7.30. The quantitative estimate of drug-likeness (QED) is 0.189. The van der Waals surface area contributed by atoms with Crippen molar-refractivity contribution >= 4 is 14.9 Å². The standard InChI is InChI=1S/C12H18NO3P.C6HF5O.C2H6/c1-9(2)15-12(14)10(3)13-17-16-11-7-5-4-6-8-11;7-1-2(8)4(10)6(12)5(11)3(1)9;1-2/h4-10,13,17H,1-3H3;12H;1-2H3. The van der Waals surface area contributed by atoms with Gasteiger partial charge >= 0.3 is 5.97 Å². The predicted molar refractivity (Wildman–Crippen MR) is 108 cm³/mol. The summed E-state index contributed by atoms with van der Waals surface area (Å²) in [5.74, 6) is -12.4. The fourth-order valence-electron chi connectivity index (χ4n) is 1.65. The second kappa shape index (κ2) is 14.5. The van der Waals surface area contributed by atoms with Crippen LogP contribution in [0.5, 0.6) is 11.5 Å². The first kappa shape index (κ1) is 28.5. The number of rotatable bonds is 6. The Balaban J connectivity index is 0.000000564. The Labute approximate surface area is 179 Å². The van der Waals surface area contributed by atoms with Crippen molar-refractivity contribution in [2.45, 2.75) is 46.8 Å². The molecule has 2 aromatic carbocycles. The summed E-state index contributed by atoms with van der Waals surface area (Å²) in [7, 11) is 0.0285. The number of benzene rings is 2. The topological polar surface area (TPSA) is 67.8 Å². The summed E-state index contributed by atoms with van der Waals surface area (Å²) in [6, 6.07) is 9.09. The van der Waals surface area contributed by atoms with Crippen LogP contribution in [0.3, 0.4) is 0 Å². The van der Waals surface area contributed by atoms with Gasteiger partial charge in [0.05, 0.1) is 6.10 Å². The van der Waals surface area contributed by atoms with Gasteiger partial charge in [0.1, 0.15) is 20.7 Å². The molecule has 0 aromatic heterocycles. The lowest BCUT2D eigenvalue weighted by atomic mass is 10.3. The first-order valence-electron chi connectivity index (χ1n) is 9.19. The predicted octanol–water partition coefficient (Wildman–Crippen LogP) is 5.62. The number of nitrogens with one attached hydrogen (secondary N) is 1. The number of phenolic OH excluding ortho intramolecular Hbond substituents is 1. The van der Waals surface area contributed by atoms with Gasteiger partial charge in [-0.15, -0.1) is 0 Å². The van der Waals surface area contributed by atoms with Gasteiger partial charge < -0.3 is 14.4 Å². The first-order chi connectivity index (χ1) is 14.6. The zero-order valence-electron chi connectivity index (χ0n) is 17.6. The van der Waals surface area contributed by atoms with E-state index < -0.39 is 34.8 Å². The van der Waals surface area contributed by atoms with Gasteiger partial charge in [-0.25, -0.2) is 13.2 Å². The van der Waals surface area contributed by atoms with Crippen LogP contribution in [-0.2, 0) is 9.53 Å². The molecule has 0 saturated heterocycles. The van der Waals surface area contributed by atoms with Gasteiger partial charge in [0.2, 0.25) is 29.1 Å². The van der Waals surface area contributed by atoms with Crippen LogP contribution in [0.1, 0.15) is 34.6 Å². The molecule has 0 spiro atoms. The number of carbonyl (C=O) groups is 1. The molecule has 0 radical (unpaired) electrons. The Hall–Kier alpha value is -2.45. The summed E-state index contributed by atoms with van der Waals surface area (Å²) in [6.07, 6.45) is -0.0925. The van der Waals surface area contributed by atoms with Crippen LogP contribution in [-0.4, -0.2) is 23.2 Å². The zero-order chi connectivity index (χ0) is 24.1. The van der Waals surface area contributed by atoms with Gasteiger partial charge in [0, 0.05) is 0 Å². The van der Waals surface area contributed by atoms with Gasteiger partial charge in [0.25, 0.3) is 0 Å². The van der Waals surface area contributed by atoms with Crippen LogP contribution >= 0.6 is 8.96 Å². The van der Waals surface area contributed by atoms with E-state index in [1.807, 2.05) is 58.0 Å². The van der Waals surface area contributed by atoms with E-state index in [0.29, 0.717) is 0 Å². The molecule has 2 rings (SSSR count). The molecule has 5 nitrogen and oxygen atoms in total. The minimum absolute atomic E-state index is 0.0285. The highest BCUT2D eigenvalue weighted by Gasteiger charge is 2.25. The number of para-hydroxylation sites is 1. The minimum Gasteiger partial charge on any atom is -0.503 e. The van der Waals surface area contributed by atoms with E-state index >= 15 is 0 Å². The van der Waals surface area contributed by atoms with Crippen LogP contribution in [0.4, 0.5) is 22.0 Å². The second-order valence-electron chi connectivity index (χ2n) is 5.79. The second-order valence-corrected chi connectivity index (χ2v) is 6.48. The summed E-state index contributed by atoms with van der Waals surface area (Å²) in [4.78, 5) is 11.5. The summed E-state index contributed by atoms with van der Waals surface area (Å²) in [5, 5.41) is 11.3. The Morgan fingerprint density at radius 1 is 0.903 bits per heavy atom. The SMILES string of the molecule is CC.CC(C)OC(=O)C(C)NPOc1ccccc1.Oc1c(F)c(F)c(F)c(F)c1F. The highest BCUT2D eigenvalue weighted by atomic mass is 31.1. The van der Waals surface area contributed by atoms with Crippen molar-refractivity contribution in [1.29, 1.82) is 0 Å². The molecule has 174 valence electrons. The van der Waals surface area contributed by atoms with Gasteiger partial charge in [-0.1, -0.05) is 32.0 Å². The molecule has 11 heteroatoms. The van der Waals surface area contributed by atoms with Crippen LogP contribution in [0, 0.1) is 29.1 Å². The average Bonchev–Trinajstić information content (AvgIpc) is 2.77. The number of hydrogen-bond donors (Lipinski definition) is 2. The van der Waals surface area contributed by atoms with Gasteiger partial charge in [-0.3, -0.25) is 9.88 Å². The number of ether oxygens (including phenoxy) is 1. The van der Waals surface area contributed by atoms with E-state index in [-0.39, 0.29) is 27.1 Å². The maximum atomic E-state index is 12.2. The first-order valence-corrected chi connectivity index (χ1v) is 10.1. The minimum atomic E-state index is -2.29. The summed E-state index contributed by atoms with van der Waals surface area (Å²) in [5.41, 5.74) is 0. The number of halogens is 5. The van der Waals surface area contributed by atoms with Crippen LogP contribution in [0.25, 0.3) is 0 Å². The third-order valence-corrected chi connectivity index (χ3v) is 3.97. The van der Waals surface area contributed by atoms with E-state index in [2.05, 4.69) is 5.09 Å². The van der Waals surface area contributed by atoms with Gasteiger partial charge in [0.15, 0.2) is 5.75 Å². The fraction of sp³-hybridized carbons (Fsp3) is 0.350. The third-order valence-electron chi connectivity index (χ3n) is 3.08. The van der Waals surface area contributed by atoms with Gasteiger partial charge in [-0.2, -0.15) is 8.78 Å². The van der Waals surface area contributed by atoms with E-state index in [0.717, 1.165) is 5.75 Å².